The second-order valence-corrected chi connectivity index (χ2v) is 8.20. The van der Waals surface area contributed by atoms with Crippen LogP contribution < -0.4 is 4.74 Å². The van der Waals surface area contributed by atoms with Crippen molar-refractivity contribution in [2.45, 2.75) is 19.1 Å². The Kier molecular flexibility index (Phi) is 7.88. The Bertz CT molecular complexity index is 1380. The molecule has 0 radical (unpaired) electrons. The normalized spacial score (nSPS) is 11.5. The smallest absolute Gasteiger partial charge is 0.339 e. The third-order valence-corrected chi connectivity index (χ3v) is 5.59. The predicted molar refractivity (Wildman–Crippen MR) is 129 cm³/mol. The first-order valence-electron chi connectivity index (χ1n) is 11.2. The van der Waals surface area contributed by atoms with E-state index in [2.05, 4.69) is 0 Å². The number of rotatable bonds is 9. The van der Waals surface area contributed by atoms with Gasteiger partial charge in [0.05, 0.1) is 11.1 Å². The second kappa shape index (κ2) is 11.4. The van der Waals surface area contributed by atoms with Crippen molar-refractivity contribution in [1.82, 2.24) is 0 Å². The summed E-state index contributed by atoms with van der Waals surface area (Å²) in [6.07, 6.45) is -0.742. The number of esters is 1. The van der Waals surface area contributed by atoms with Crippen LogP contribution in [-0.4, -0.2) is 17.0 Å². The number of benzene rings is 4. The van der Waals surface area contributed by atoms with Gasteiger partial charge in [0, 0.05) is 6.42 Å². The van der Waals surface area contributed by atoms with E-state index in [1.807, 2.05) is 0 Å². The second-order valence-electron chi connectivity index (χ2n) is 8.20. The molecule has 0 aromatic heterocycles. The van der Waals surface area contributed by atoms with E-state index in [0.29, 0.717) is 16.7 Å². The Morgan fingerprint density at radius 1 is 0.703 bits per heavy atom. The maximum absolute atomic E-state index is 13.5. The largest absolute Gasteiger partial charge is 0.489 e. The van der Waals surface area contributed by atoms with Crippen LogP contribution in [0.3, 0.4) is 0 Å². The maximum Gasteiger partial charge on any atom is 0.339 e. The fraction of sp³-hybridized carbons (Fsp3) is 0.103. The molecule has 37 heavy (non-hydrogen) atoms. The SMILES string of the molecule is O=C(O)c1cc(OCc2ccc(F)cc2)ccc1C(=O)OC(Cc1ccc(F)cc1)c1ccc(F)cc1. The first kappa shape index (κ1) is 25.5. The van der Waals surface area contributed by atoms with Gasteiger partial charge in [-0.3, -0.25) is 0 Å². The first-order valence-corrected chi connectivity index (χ1v) is 11.2. The van der Waals surface area contributed by atoms with Gasteiger partial charge in [-0.25, -0.2) is 22.8 Å². The molecule has 8 heteroatoms. The van der Waals surface area contributed by atoms with Gasteiger partial charge in [0.2, 0.25) is 0 Å². The summed E-state index contributed by atoms with van der Waals surface area (Å²) < 4.78 is 51.2. The topological polar surface area (TPSA) is 72.8 Å². The molecule has 4 aromatic carbocycles. The van der Waals surface area contributed by atoms with Crippen LogP contribution in [0.15, 0.2) is 91.0 Å². The van der Waals surface area contributed by atoms with Crippen LogP contribution in [-0.2, 0) is 17.8 Å². The molecular weight excluding hydrogens is 485 g/mol. The van der Waals surface area contributed by atoms with Crippen LogP contribution in [0.1, 0.15) is 43.5 Å². The molecule has 1 N–H and O–H groups in total. The summed E-state index contributed by atoms with van der Waals surface area (Å²) in [4.78, 5) is 25.0. The maximum atomic E-state index is 13.5. The standard InChI is InChI=1S/C29H21F3O5/c30-21-7-1-18(2-8-21)15-27(20-5-11-23(32)12-6-20)37-29(35)25-14-13-24(16-26(25)28(33)34)36-17-19-3-9-22(31)10-4-19/h1-14,16,27H,15,17H2,(H,33,34). The minimum absolute atomic E-state index is 0.0629. The number of carbonyl (C=O) groups is 2. The summed E-state index contributed by atoms with van der Waals surface area (Å²) in [6.45, 7) is 0.0629. The molecule has 188 valence electrons. The average molecular weight is 506 g/mol. The van der Waals surface area contributed by atoms with E-state index in [9.17, 15) is 27.9 Å². The number of hydrogen-bond acceptors (Lipinski definition) is 4. The number of carboxylic acids is 1. The van der Waals surface area contributed by atoms with E-state index in [-0.39, 0.29) is 29.9 Å². The molecule has 0 bridgehead atoms. The van der Waals surface area contributed by atoms with Crippen molar-refractivity contribution < 1.29 is 37.3 Å². The lowest BCUT2D eigenvalue weighted by Gasteiger charge is -2.19. The summed E-state index contributed by atoms with van der Waals surface area (Å²) in [5.41, 5.74) is 1.28. The Hall–Kier alpha value is -4.59. The number of ether oxygens (including phenoxy) is 2. The number of aromatic carboxylic acids is 1. The molecule has 5 nitrogen and oxygen atoms in total. The first-order chi connectivity index (χ1) is 17.8. The molecule has 1 atom stereocenters. The average Bonchev–Trinajstić information content (AvgIpc) is 2.89. The number of hydrogen-bond donors (Lipinski definition) is 1. The van der Waals surface area contributed by atoms with Gasteiger partial charge < -0.3 is 14.6 Å². The molecule has 1 unspecified atom stereocenters. The molecule has 0 aliphatic carbocycles. The highest BCUT2D eigenvalue weighted by atomic mass is 19.1. The lowest BCUT2D eigenvalue weighted by molar-refractivity contribution is 0.0292. The third-order valence-electron chi connectivity index (χ3n) is 5.59. The number of halogens is 3. The van der Waals surface area contributed by atoms with Crippen molar-refractivity contribution >= 4 is 11.9 Å². The fourth-order valence-electron chi connectivity index (χ4n) is 3.65. The van der Waals surface area contributed by atoms with Crippen molar-refractivity contribution in [3.05, 3.63) is 136 Å². The highest BCUT2D eigenvalue weighted by molar-refractivity contribution is 6.02. The minimum atomic E-state index is -1.36. The van der Waals surface area contributed by atoms with Crippen LogP contribution >= 0.6 is 0 Å². The van der Waals surface area contributed by atoms with E-state index < -0.39 is 35.5 Å². The zero-order valence-corrected chi connectivity index (χ0v) is 19.4. The van der Waals surface area contributed by atoms with E-state index in [1.54, 1.807) is 0 Å². The molecule has 0 spiro atoms. The van der Waals surface area contributed by atoms with Crippen molar-refractivity contribution in [2.75, 3.05) is 0 Å². The molecular formula is C29H21F3O5. The third kappa shape index (κ3) is 6.76. The molecule has 4 rings (SSSR count). The molecule has 0 saturated heterocycles. The van der Waals surface area contributed by atoms with Gasteiger partial charge in [-0.1, -0.05) is 36.4 Å². The highest BCUT2D eigenvalue weighted by Gasteiger charge is 2.24. The van der Waals surface area contributed by atoms with Gasteiger partial charge in [0.15, 0.2) is 0 Å². The Morgan fingerprint density at radius 3 is 1.81 bits per heavy atom. The van der Waals surface area contributed by atoms with Gasteiger partial charge >= 0.3 is 11.9 Å². The molecule has 0 heterocycles. The number of carbonyl (C=O) groups excluding carboxylic acids is 1. The van der Waals surface area contributed by atoms with Crippen LogP contribution in [0.2, 0.25) is 0 Å². The zero-order chi connectivity index (χ0) is 26.4. The highest BCUT2D eigenvalue weighted by Crippen LogP contribution is 2.27. The van der Waals surface area contributed by atoms with Gasteiger partial charge in [0.25, 0.3) is 0 Å². The summed E-state index contributed by atoms with van der Waals surface area (Å²) in [6, 6.07) is 20.5. The predicted octanol–water partition coefficient (Wildman–Crippen LogP) is 6.52. The lowest BCUT2D eigenvalue weighted by Crippen LogP contribution is -2.17. The van der Waals surface area contributed by atoms with Gasteiger partial charge in [-0.05, 0) is 71.3 Å². The van der Waals surface area contributed by atoms with E-state index in [0.717, 1.165) is 0 Å². The summed E-state index contributed by atoms with van der Waals surface area (Å²) in [7, 11) is 0. The molecule has 0 saturated carbocycles. The van der Waals surface area contributed by atoms with Crippen LogP contribution in [0.4, 0.5) is 13.2 Å². The van der Waals surface area contributed by atoms with Crippen LogP contribution in [0.25, 0.3) is 0 Å². The van der Waals surface area contributed by atoms with Gasteiger partial charge in [-0.15, -0.1) is 0 Å². The van der Waals surface area contributed by atoms with Crippen LogP contribution in [0.5, 0.6) is 5.75 Å². The van der Waals surface area contributed by atoms with Gasteiger partial charge in [0.1, 0.15) is 35.9 Å². The molecule has 0 amide bonds. The van der Waals surface area contributed by atoms with Crippen molar-refractivity contribution in [1.29, 1.82) is 0 Å². The molecule has 0 aliphatic rings. The van der Waals surface area contributed by atoms with E-state index in [1.165, 1.54) is 91.0 Å². The summed E-state index contributed by atoms with van der Waals surface area (Å²) in [5.74, 6) is -3.36. The molecule has 0 aliphatic heterocycles. The Balaban J connectivity index is 1.55. The summed E-state index contributed by atoms with van der Waals surface area (Å²) in [5, 5.41) is 9.72. The summed E-state index contributed by atoms with van der Waals surface area (Å²) >= 11 is 0. The fourth-order valence-corrected chi connectivity index (χ4v) is 3.65. The lowest BCUT2D eigenvalue weighted by atomic mass is 10.0. The zero-order valence-electron chi connectivity index (χ0n) is 19.4. The van der Waals surface area contributed by atoms with Crippen molar-refractivity contribution in [2.24, 2.45) is 0 Å². The van der Waals surface area contributed by atoms with Crippen molar-refractivity contribution in [3.63, 3.8) is 0 Å². The Labute approximate surface area is 210 Å². The van der Waals surface area contributed by atoms with E-state index in [4.69, 9.17) is 9.47 Å². The van der Waals surface area contributed by atoms with Gasteiger partial charge in [-0.2, -0.15) is 0 Å². The number of carboxylic acid groups (broad SMARTS) is 1. The molecule has 4 aromatic rings. The Morgan fingerprint density at radius 2 is 1.24 bits per heavy atom. The quantitative estimate of drug-likeness (QED) is 0.262. The van der Waals surface area contributed by atoms with Crippen LogP contribution in [0, 0.1) is 17.5 Å². The van der Waals surface area contributed by atoms with E-state index >= 15 is 0 Å². The monoisotopic (exact) mass is 506 g/mol. The minimum Gasteiger partial charge on any atom is -0.489 e. The molecule has 0 fully saturated rings. The van der Waals surface area contributed by atoms with Crippen molar-refractivity contribution in [3.8, 4) is 5.75 Å².